The number of rotatable bonds is 0. The molecule has 0 spiro atoms. The van der Waals surface area contributed by atoms with E-state index in [9.17, 15) is 0 Å². The van der Waals surface area contributed by atoms with Gasteiger partial charge in [0.1, 0.15) is 5.82 Å². The Kier molecular flexibility index (Phi) is 1.77. The summed E-state index contributed by atoms with van der Waals surface area (Å²) in [4.78, 5) is 4.28. The number of hydrogen-bond acceptors (Lipinski definition) is 2. The van der Waals surface area contributed by atoms with Crippen molar-refractivity contribution in [3.8, 4) is 0 Å². The monoisotopic (exact) mass is 189 g/mol. The summed E-state index contributed by atoms with van der Waals surface area (Å²) in [6.07, 6.45) is 1.79. The van der Waals surface area contributed by atoms with Gasteiger partial charge in [-0.25, -0.2) is 0 Å². The van der Waals surface area contributed by atoms with Gasteiger partial charge in [0.15, 0.2) is 0 Å². The second kappa shape index (κ2) is 2.74. The average Bonchev–Trinajstić information content (AvgIpc) is 2.38. The molecule has 0 aliphatic rings. The highest BCUT2D eigenvalue weighted by molar-refractivity contribution is 5.80. The van der Waals surface area contributed by atoms with Crippen molar-refractivity contribution in [2.24, 2.45) is 0 Å². The van der Waals surface area contributed by atoms with E-state index in [-0.39, 0.29) is 5.54 Å². The number of nitrogens with zero attached hydrogens (tertiary/aromatic N) is 2. The normalized spacial score (nSPS) is 12.2. The molecule has 0 amide bonds. The summed E-state index contributed by atoms with van der Waals surface area (Å²) in [7, 11) is 0. The van der Waals surface area contributed by atoms with Gasteiger partial charge in [-0.1, -0.05) is 0 Å². The second-order valence-electron chi connectivity index (χ2n) is 4.48. The van der Waals surface area contributed by atoms with E-state index < -0.39 is 0 Å². The highest BCUT2D eigenvalue weighted by Gasteiger charge is 2.18. The second-order valence-corrected chi connectivity index (χ2v) is 4.48. The van der Waals surface area contributed by atoms with Crippen LogP contribution in [0, 0.1) is 0 Å². The standard InChI is InChI=1S/C11H15N3/c1-11(2,3)14-9-5-4-6-13-8(9)7-10(14)12/h4-7H,12H2,1-3H3. The number of pyridine rings is 1. The Bertz CT molecular complexity index is 463. The van der Waals surface area contributed by atoms with E-state index in [1.807, 2.05) is 18.2 Å². The van der Waals surface area contributed by atoms with E-state index in [4.69, 9.17) is 5.73 Å². The Morgan fingerprint density at radius 3 is 2.71 bits per heavy atom. The van der Waals surface area contributed by atoms with E-state index in [1.54, 1.807) is 6.20 Å². The van der Waals surface area contributed by atoms with Gasteiger partial charge in [-0.3, -0.25) is 4.98 Å². The van der Waals surface area contributed by atoms with Crippen molar-refractivity contribution in [3.63, 3.8) is 0 Å². The van der Waals surface area contributed by atoms with Crippen molar-refractivity contribution in [2.75, 3.05) is 5.73 Å². The lowest BCUT2D eigenvalue weighted by atomic mass is 10.1. The molecule has 2 N–H and O–H groups in total. The molecule has 0 atom stereocenters. The summed E-state index contributed by atoms with van der Waals surface area (Å²) < 4.78 is 2.11. The number of aromatic nitrogens is 2. The molecule has 2 aromatic rings. The van der Waals surface area contributed by atoms with Crippen molar-refractivity contribution in [1.29, 1.82) is 0 Å². The Labute approximate surface area is 83.6 Å². The maximum atomic E-state index is 5.96. The molecule has 0 unspecified atom stereocenters. The van der Waals surface area contributed by atoms with Gasteiger partial charge in [0.2, 0.25) is 0 Å². The fraction of sp³-hybridized carbons (Fsp3) is 0.364. The van der Waals surface area contributed by atoms with Crippen LogP contribution >= 0.6 is 0 Å². The first-order chi connectivity index (χ1) is 6.50. The third-order valence-corrected chi connectivity index (χ3v) is 2.27. The van der Waals surface area contributed by atoms with Crippen molar-refractivity contribution in [2.45, 2.75) is 26.3 Å². The van der Waals surface area contributed by atoms with Crippen LogP contribution in [0.5, 0.6) is 0 Å². The maximum absolute atomic E-state index is 5.96. The van der Waals surface area contributed by atoms with Crippen LogP contribution in [0.2, 0.25) is 0 Å². The number of fused-ring (bicyclic) bond motifs is 1. The molecule has 2 rings (SSSR count). The molecule has 0 fully saturated rings. The molecule has 0 radical (unpaired) electrons. The fourth-order valence-electron chi connectivity index (χ4n) is 1.80. The number of nitrogen functional groups attached to an aromatic ring is 1. The quantitative estimate of drug-likeness (QED) is 0.691. The Morgan fingerprint density at radius 1 is 1.36 bits per heavy atom. The summed E-state index contributed by atoms with van der Waals surface area (Å²) in [5.74, 6) is 0.770. The minimum Gasteiger partial charge on any atom is -0.385 e. The molecule has 0 aromatic carbocycles. The molecular weight excluding hydrogens is 174 g/mol. The zero-order valence-electron chi connectivity index (χ0n) is 8.78. The van der Waals surface area contributed by atoms with Crippen LogP contribution in [-0.2, 0) is 5.54 Å². The summed E-state index contributed by atoms with van der Waals surface area (Å²) in [6.45, 7) is 6.40. The van der Waals surface area contributed by atoms with Gasteiger partial charge in [-0.2, -0.15) is 0 Å². The van der Waals surface area contributed by atoms with Crippen LogP contribution < -0.4 is 5.73 Å². The molecule has 0 bridgehead atoms. The largest absolute Gasteiger partial charge is 0.385 e. The van der Waals surface area contributed by atoms with Gasteiger partial charge in [0.25, 0.3) is 0 Å². The third-order valence-electron chi connectivity index (χ3n) is 2.27. The van der Waals surface area contributed by atoms with Crippen molar-refractivity contribution >= 4 is 16.9 Å². The van der Waals surface area contributed by atoms with Gasteiger partial charge in [-0.05, 0) is 32.9 Å². The smallest absolute Gasteiger partial charge is 0.106 e. The average molecular weight is 189 g/mol. The Hall–Kier alpha value is -1.51. The van der Waals surface area contributed by atoms with Gasteiger partial charge < -0.3 is 10.3 Å². The first-order valence-electron chi connectivity index (χ1n) is 4.72. The summed E-state index contributed by atoms with van der Waals surface area (Å²) in [5.41, 5.74) is 8.01. The minimum absolute atomic E-state index is 0.00509. The lowest BCUT2D eigenvalue weighted by Gasteiger charge is -2.24. The van der Waals surface area contributed by atoms with E-state index in [1.165, 1.54) is 0 Å². The molecule has 0 aliphatic heterocycles. The van der Waals surface area contributed by atoms with Gasteiger partial charge >= 0.3 is 0 Å². The number of anilines is 1. The molecular formula is C11H15N3. The van der Waals surface area contributed by atoms with E-state index in [0.717, 1.165) is 16.9 Å². The molecule has 0 aliphatic carbocycles. The van der Waals surface area contributed by atoms with Gasteiger partial charge in [0.05, 0.1) is 11.0 Å². The molecule has 3 nitrogen and oxygen atoms in total. The van der Waals surface area contributed by atoms with E-state index in [2.05, 4.69) is 30.3 Å². The number of nitrogens with two attached hydrogens (primary N) is 1. The predicted molar refractivity (Wildman–Crippen MR) is 59.1 cm³/mol. The Morgan fingerprint density at radius 2 is 2.07 bits per heavy atom. The molecule has 3 heteroatoms. The molecule has 2 aromatic heterocycles. The lowest BCUT2D eigenvalue weighted by molar-refractivity contribution is 0.416. The van der Waals surface area contributed by atoms with Gasteiger partial charge in [0, 0.05) is 17.8 Å². The van der Waals surface area contributed by atoms with Crippen molar-refractivity contribution < 1.29 is 0 Å². The molecule has 2 heterocycles. The van der Waals surface area contributed by atoms with E-state index >= 15 is 0 Å². The number of hydrogen-bond donors (Lipinski definition) is 1. The van der Waals surface area contributed by atoms with Crippen LogP contribution in [0.25, 0.3) is 11.0 Å². The third kappa shape index (κ3) is 1.25. The van der Waals surface area contributed by atoms with Crippen LogP contribution in [0.15, 0.2) is 24.4 Å². The molecule has 0 saturated carbocycles. The van der Waals surface area contributed by atoms with Crippen molar-refractivity contribution in [1.82, 2.24) is 9.55 Å². The zero-order chi connectivity index (χ0) is 10.3. The topological polar surface area (TPSA) is 43.8 Å². The molecule has 0 saturated heterocycles. The first kappa shape index (κ1) is 9.06. The summed E-state index contributed by atoms with van der Waals surface area (Å²) in [6, 6.07) is 5.90. The molecule has 74 valence electrons. The van der Waals surface area contributed by atoms with Crippen molar-refractivity contribution in [3.05, 3.63) is 24.4 Å². The predicted octanol–water partition coefficient (Wildman–Crippen LogP) is 2.37. The Balaban J connectivity index is 2.81. The molecule has 14 heavy (non-hydrogen) atoms. The minimum atomic E-state index is -0.00509. The van der Waals surface area contributed by atoms with Crippen LogP contribution in [0.4, 0.5) is 5.82 Å². The summed E-state index contributed by atoms with van der Waals surface area (Å²) in [5, 5.41) is 0. The maximum Gasteiger partial charge on any atom is 0.106 e. The first-order valence-corrected chi connectivity index (χ1v) is 4.72. The highest BCUT2D eigenvalue weighted by atomic mass is 15.1. The zero-order valence-corrected chi connectivity index (χ0v) is 8.78. The van der Waals surface area contributed by atoms with Gasteiger partial charge in [-0.15, -0.1) is 0 Å². The fourth-order valence-corrected chi connectivity index (χ4v) is 1.80. The van der Waals surface area contributed by atoms with Crippen LogP contribution in [0.3, 0.4) is 0 Å². The van der Waals surface area contributed by atoms with Crippen LogP contribution in [-0.4, -0.2) is 9.55 Å². The highest BCUT2D eigenvalue weighted by Crippen LogP contribution is 2.27. The summed E-state index contributed by atoms with van der Waals surface area (Å²) >= 11 is 0. The van der Waals surface area contributed by atoms with E-state index in [0.29, 0.717) is 0 Å². The van der Waals surface area contributed by atoms with Crippen LogP contribution in [0.1, 0.15) is 20.8 Å². The SMILES string of the molecule is CC(C)(C)n1c(N)cc2ncccc21. The lowest BCUT2D eigenvalue weighted by Crippen LogP contribution is -2.22.